The van der Waals surface area contributed by atoms with E-state index in [0.29, 0.717) is 19.3 Å². The third-order valence-corrected chi connectivity index (χ3v) is 5.59. The van der Waals surface area contributed by atoms with Crippen LogP contribution in [0.2, 0.25) is 0 Å². The van der Waals surface area contributed by atoms with E-state index in [-0.39, 0.29) is 0 Å². The van der Waals surface area contributed by atoms with Crippen LogP contribution >= 0.6 is 0 Å². The van der Waals surface area contributed by atoms with Crippen LogP contribution in [0.4, 0.5) is 0 Å². The highest BCUT2D eigenvalue weighted by Crippen LogP contribution is 2.26. The van der Waals surface area contributed by atoms with E-state index in [0.717, 1.165) is 18.5 Å². The highest BCUT2D eigenvalue weighted by atomic mass is 16.5. The minimum absolute atomic E-state index is 0.532. The van der Waals surface area contributed by atoms with Gasteiger partial charge < -0.3 is 20.3 Å². The summed E-state index contributed by atoms with van der Waals surface area (Å²) in [7, 11) is 1.84. The highest BCUT2D eigenvalue weighted by Gasteiger charge is 2.27. The molecule has 1 aromatic carbocycles. The van der Waals surface area contributed by atoms with Crippen LogP contribution in [-0.4, -0.2) is 56.2 Å². The average molecular weight is 359 g/mol. The van der Waals surface area contributed by atoms with E-state index in [1.54, 1.807) is 0 Å². The smallest absolute Gasteiger partial charge is 0.191 e. The molecule has 0 unspecified atom stereocenters. The van der Waals surface area contributed by atoms with Gasteiger partial charge in [0.1, 0.15) is 0 Å². The number of aliphatic imine (C=N–C) groups is 1. The summed E-state index contributed by atoms with van der Waals surface area (Å²) < 4.78 is 5.72. The number of hydrogen-bond donors (Lipinski definition) is 2. The first-order valence-electron chi connectivity index (χ1n) is 10.2. The fraction of sp³-hybridized carbons (Fsp3) is 0.667. The van der Waals surface area contributed by atoms with E-state index >= 15 is 0 Å². The van der Waals surface area contributed by atoms with E-state index in [2.05, 4.69) is 32.7 Å². The minimum atomic E-state index is 0.532. The Kier molecular flexibility index (Phi) is 7.77. The van der Waals surface area contributed by atoms with Gasteiger partial charge in [-0.1, -0.05) is 43.2 Å². The van der Waals surface area contributed by atoms with Crippen molar-refractivity contribution in [3.05, 3.63) is 35.9 Å². The molecule has 5 nitrogen and oxygen atoms in total. The molecule has 26 heavy (non-hydrogen) atoms. The maximum Gasteiger partial charge on any atom is 0.191 e. The second-order valence-electron chi connectivity index (χ2n) is 7.43. The molecule has 0 spiro atoms. The monoisotopic (exact) mass is 358 g/mol. The quantitative estimate of drug-likeness (QED) is 0.447. The number of nitrogens with one attached hydrogen (secondary N) is 2. The summed E-state index contributed by atoms with van der Waals surface area (Å²) >= 11 is 0. The molecule has 1 aliphatic heterocycles. The molecule has 0 bridgehead atoms. The molecule has 5 heteroatoms. The van der Waals surface area contributed by atoms with Gasteiger partial charge in [-0.05, 0) is 31.2 Å². The fourth-order valence-electron chi connectivity index (χ4n) is 4.07. The second-order valence-corrected chi connectivity index (χ2v) is 7.43. The second kappa shape index (κ2) is 10.5. The van der Waals surface area contributed by atoms with Crippen molar-refractivity contribution in [3.63, 3.8) is 0 Å². The molecule has 144 valence electrons. The maximum absolute atomic E-state index is 5.72. The summed E-state index contributed by atoms with van der Waals surface area (Å²) in [6.45, 7) is 4.55. The molecular weight excluding hydrogens is 324 g/mol. The lowest BCUT2D eigenvalue weighted by atomic mass is 10.0. The van der Waals surface area contributed by atoms with Gasteiger partial charge in [0, 0.05) is 38.8 Å². The molecule has 0 aromatic heterocycles. The van der Waals surface area contributed by atoms with Gasteiger partial charge in [0.2, 0.25) is 0 Å². The number of hydrogen-bond acceptors (Lipinski definition) is 3. The van der Waals surface area contributed by atoms with E-state index in [4.69, 9.17) is 4.74 Å². The molecule has 1 saturated carbocycles. The van der Waals surface area contributed by atoms with Gasteiger partial charge in [-0.3, -0.25) is 4.99 Å². The van der Waals surface area contributed by atoms with Gasteiger partial charge in [-0.15, -0.1) is 0 Å². The SMILES string of the molecule is CN=C(NCCOCc1ccccc1)NC1CCN(C2CCCC2)CC1. The molecule has 2 aliphatic rings. The topological polar surface area (TPSA) is 48.9 Å². The van der Waals surface area contributed by atoms with Crippen LogP contribution in [0.1, 0.15) is 44.1 Å². The highest BCUT2D eigenvalue weighted by molar-refractivity contribution is 5.79. The predicted octanol–water partition coefficient (Wildman–Crippen LogP) is 2.78. The zero-order chi connectivity index (χ0) is 18.0. The van der Waals surface area contributed by atoms with Crippen LogP contribution in [0.5, 0.6) is 0 Å². The van der Waals surface area contributed by atoms with Gasteiger partial charge in [0.05, 0.1) is 13.2 Å². The van der Waals surface area contributed by atoms with Gasteiger partial charge in [0.25, 0.3) is 0 Å². The van der Waals surface area contributed by atoms with E-state index in [1.165, 1.54) is 57.2 Å². The van der Waals surface area contributed by atoms with Crippen LogP contribution in [0, 0.1) is 0 Å². The summed E-state index contributed by atoms with van der Waals surface area (Å²) in [4.78, 5) is 7.07. The van der Waals surface area contributed by atoms with E-state index in [1.807, 2.05) is 25.2 Å². The molecular formula is C21H34N4O. The largest absolute Gasteiger partial charge is 0.375 e. The Morgan fingerprint density at radius 1 is 1.12 bits per heavy atom. The van der Waals surface area contributed by atoms with Crippen LogP contribution in [0.3, 0.4) is 0 Å². The van der Waals surface area contributed by atoms with Crippen molar-refractivity contribution >= 4 is 5.96 Å². The zero-order valence-corrected chi connectivity index (χ0v) is 16.1. The standard InChI is InChI=1S/C21H34N4O/c1-22-21(23-13-16-26-17-18-7-3-2-4-8-18)24-19-11-14-25(15-12-19)20-9-5-6-10-20/h2-4,7-8,19-20H,5-6,9-17H2,1H3,(H2,22,23,24). The molecule has 0 atom stereocenters. The molecule has 2 N–H and O–H groups in total. The number of likely N-dealkylation sites (tertiary alicyclic amines) is 1. The molecule has 1 aliphatic carbocycles. The first-order valence-corrected chi connectivity index (χ1v) is 10.2. The predicted molar refractivity (Wildman–Crippen MR) is 107 cm³/mol. The van der Waals surface area contributed by atoms with Crippen molar-refractivity contribution in [2.45, 2.75) is 57.2 Å². The Balaban J connectivity index is 1.28. The van der Waals surface area contributed by atoms with Crippen molar-refractivity contribution in [1.29, 1.82) is 0 Å². The summed E-state index contributed by atoms with van der Waals surface area (Å²) in [6.07, 6.45) is 8.08. The van der Waals surface area contributed by atoms with Crippen LogP contribution in [-0.2, 0) is 11.3 Å². The summed E-state index contributed by atoms with van der Waals surface area (Å²) in [5.74, 6) is 0.896. The van der Waals surface area contributed by atoms with Crippen LogP contribution in [0.25, 0.3) is 0 Å². The molecule has 2 fully saturated rings. The summed E-state index contributed by atoms with van der Waals surface area (Å²) in [5.41, 5.74) is 1.21. The number of nitrogens with zero attached hydrogens (tertiary/aromatic N) is 2. The van der Waals surface area contributed by atoms with Crippen molar-refractivity contribution in [2.24, 2.45) is 4.99 Å². The summed E-state index contributed by atoms with van der Waals surface area (Å²) in [5, 5.41) is 6.95. The van der Waals surface area contributed by atoms with Crippen LogP contribution in [0.15, 0.2) is 35.3 Å². The first kappa shape index (κ1) is 19.2. The lowest BCUT2D eigenvalue weighted by Crippen LogP contribution is -2.50. The van der Waals surface area contributed by atoms with Gasteiger partial charge >= 0.3 is 0 Å². The summed E-state index contributed by atoms with van der Waals surface area (Å²) in [6, 6.07) is 11.7. The average Bonchev–Trinajstić information content (AvgIpc) is 3.23. The van der Waals surface area contributed by atoms with E-state index < -0.39 is 0 Å². The van der Waals surface area contributed by atoms with Gasteiger partial charge in [-0.25, -0.2) is 0 Å². The minimum Gasteiger partial charge on any atom is -0.375 e. The van der Waals surface area contributed by atoms with Crippen molar-refractivity contribution in [1.82, 2.24) is 15.5 Å². The Bertz CT molecular complexity index is 534. The Labute approximate surface area is 158 Å². The lowest BCUT2D eigenvalue weighted by molar-refractivity contribution is 0.125. The zero-order valence-electron chi connectivity index (χ0n) is 16.1. The van der Waals surface area contributed by atoms with Crippen molar-refractivity contribution in [3.8, 4) is 0 Å². The van der Waals surface area contributed by atoms with Crippen LogP contribution < -0.4 is 10.6 Å². The third kappa shape index (κ3) is 5.99. The molecule has 3 rings (SSSR count). The first-order chi connectivity index (χ1) is 12.8. The van der Waals surface area contributed by atoms with Crippen molar-refractivity contribution < 1.29 is 4.74 Å². The number of ether oxygens (including phenoxy) is 1. The Hall–Kier alpha value is -1.59. The molecule has 0 radical (unpaired) electrons. The molecule has 1 saturated heterocycles. The third-order valence-electron chi connectivity index (χ3n) is 5.59. The van der Waals surface area contributed by atoms with E-state index in [9.17, 15) is 0 Å². The Morgan fingerprint density at radius 3 is 2.54 bits per heavy atom. The number of guanidine groups is 1. The van der Waals surface area contributed by atoms with Gasteiger partial charge in [0.15, 0.2) is 5.96 Å². The lowest BCUT2D eigenvalue weighted by Gasteiger charge is -2.36. The molecule has 1 aromatic rings. The molecule has 0 amide bonds. The number of rotatable bonds is 7. The molecule has 1 heterocycles. The number of benzene rings is 1. The fourth-order valence-corrected chi connectivity index (χ4v) is 4.07. The van der Waals surface area contributed by atoms with Gasteiger partial charge in [-0.2, -0.15) is 0 Å². The maximum atomic E-state index is 5.72. The number of piperidine rings is 1. The van der Waals surface area contributed by atoms with Crippen molar-refractivity contribution in [2.75, 3.05) is 33.3 Å². The Morgan fingerprint density at radius 2 is 1.85 bits per heavy atom. The normalized spacial score (nSPS) is 20.4.